The molecule has 0 fully saturated rings. The van der Waals surface area contributed by atoms with E-state index >= 15 is 0 Å². The molecule has 0 unspecified atom stereocenters. The van der Waals surface area contributed by atoms with Gasteiger partial charge in [-0.1, -0.05) is 30.3 Å². The van der Waals surface area contributed by atoms with Crippen molar-refractivity contribution in [2.45, 2.75) is 19.5 Å². The minimum atomic E-state index is 0.374. The van der Waals surface area contributed by atoms with Crippen LogP contribution < -0.4 is 16.0 Å². The molecule has 0 atom stereocenters. The van der Waals surface area contributed by atoms with Crippen LogP contribution in [0.25, 0.3) is 10.9 Å². The molecular weight excluding hydrogens is 378 g/mol. The van der Waals surface area contributed by atoms with Gasteiger partial charge < -0.3 is 25.9 Å². The quantitative estimate of drug-likeness (QED) is 0.264. The Hall–Kier alpha value is -3.09. The van der Waals surface area contributed by atoms with Gasteiger partial charge in [-0.15, -0.1) is 0 Å². The van der Waals surface area contributed by atoms with E-state index in [2.05, 4.69) is 57.9 Å². The Bertz CT molecular complexity index is 1070. The normalized spacial score (nSPS) is 11.0. The first-order valence-electron chi connectivity index (χ1n) is 9.74. The number of fused-ring (bicyclic) bond motifs is 1. The smallest absolute Gasteiger partial charge is 0.171 e. The number of rotatable bonds is 8. The molecule has 148 valence electrons. The summed E-state index contributed by atoms with van der Waals surface area (Å²) in [5, 5.41) is 5.08. The molecule has 2 heterocycles. The maximum Gasteiger partial charge on any atom is 0.171 e. The lowest BCUT2D eigenvalue weighted by atomic mass is 10.1. The average Bonchev–Trinajstić information content (AvgIpc) is 3.39. The molecule has 0 aliphatic heterocycles. The second-order valence-corrected chi connectivity index (χ2v) is 7.52. The van der Waals surface area contributed by atoms with Crippen LogP contribution in [0, 0.1) is 0 Å². The largest absolute Gasteiger partial charge is 0.376 e. The highest BCUT2D eigenvalue weighted by Gasteiger charge is 2.13. The third-order valence-corrected chi connectivity index (χ3v) is 5.30. The lowest BCUT2D eigenvalue weighted by molar-refractivity contribution is 0.689. The predicted molar refractivity (Wildman–Crippen MR) is 124 cm³/mol. The van der Waals surface area contributed by atoms with Crippen LogP contribution in [0.2, 0.25) is 0 Å². The lowest BCUT2D eigenvalue weighted by Crippen LogP contribution is -2.34. The number of H-pyrrole nitrogens is 2. The molecule has 2 aromatic carbocycles. The minimum Gasteiger partial charge on any atom is -0.376 e. The number of nitrogens with zero attached hydrogens (tertiary/aromatic N) is 1. The summed E-state index contributed by atoms with van der Waals surface area (Å²) in [6, 6.07) is 18.7. The van der Waals surface area contributed by atoms with Gasteiger partial charge in [0.25, 0.3) is 0 Å². The highest BCUT2D eigenvalue weighted by atomic mass is 32.1. The first-order chi connectivity index (χ1) is 14.2. The number of aromatic amines is 2. The van der Waals surface area contributed by atoms with E-state index in [1.165, 1.54) is 22.1 Å². The van der Waals surface area contributed by atoms with E-state index in [4.69, 9.17) is 18.0 Å². The molecule has 0 spiro atoms. The van der Waals surface area contributed by atoms with E-state index in [0.29, 0.717) is 11.7 Å². The lowest BCUT2D eigenvalue weighted by Gasteiger charge is -2.23. The Morgan fingerprint density at radius 2 is 1.90 bits per heavy atom. The summed E-state index contributed by atoms with van der Waals surface area (Å²) in [4.78, 5) is 8.43. The molecule has 0 aliphatic carbocycles. The zero-order chi connectivity index (χ0) is 20.1. The van der Waals surface area contributed by atoms with Crippen molar-refractivity contribution in [1.29, 1.82) is 0 Å². The van der Waals surface area contributed by atoms with Crippen LogP contribution >= 0.6 is 12.2 Å². The molecule has 0 amide bonds. The van der Waals surface area contributed by atoms with Crippen LogP contribution in [-0.4, -0.2) is 21.6 Å². The third-order valence-electron chi connectivity index (χ3n) is 5.07. The van der Waals surface area contributed by atoms with E-state index in [1.54, 1.807) is 0 Å². The van der Waals surface area contributed by atoms with Gasteiger partial charge in [-0.25, -0.2) is 0 Å². The molecule has 5 nitrogen and oxygen atoms in total. The summed E-state index contributed by atoms with van der Waals surface area (Å²) in [6.45, 7) is 2.43. The summed E-state index contributed by atoms with van der Waals surface area (Å²) in [5.74, 6) is 0. The van der Waals surface area contributed by atoms with E-state index in [9.17, 15) is 0 Å². The van der Waals surface area contributed by atoms with Crippen LogP contribution in [0.3, 0.4) is 0 Å². The molecule has 6 heteroatoms. The van der Waals surface area contributed by atoms with Gasteiger partial charge in [-0.2, -0.15) is 0 Å². The third kappa shape index (κ3) is 4.67. The van der Waals surface area contributed by atoms with E-state index in [-0.39, 0.29) is 0 Å². The van der Waals surface area contributed by atoms with Crippen LogP contribution in [-0.2, 0) is 19.5 Å². The topological polar surface area (TPSA) is 72.9 Å². The maximum absolute atomic E-state index is 6.06. The molecule has 2 aromatic heterocycles. The zero-order valence-corrected chi connectivity index (χ0v) is 17.0. The number of hydrogen-bond donors (Lipinski definition) is 4. The standard InChI is InChI=1S/C23H25N5S/c24-23(29)28(16-17-4-2-1-3-5-17)20-6-7-22-21(12-20)19(15-27-22)9-11-26-14-18-8-10-25-13-18/h1-8,10,12-13,15,25-27H,9,11,14,16H2,(H2,24,29). The fourth-order valence-electron chi connectivity index (χ4n) is 3.53. The molecule has 5 N–H and O–H groups in total. The molecule has 0 saturated carbocycles. The number of benzene rings is 2. The van der Waals surface area contributed by atoms with Gasteiger partial charge in [-0.3, -0.25) is 0 Å². The van der Waals surface area contributed by atoms with Gasteiger partial charge in [-0.05, 0) is 66.1 Å². The summed E-state index contributed by atoms with van der Waals surface area (Å²) in [6.07, 6.45) is 7.00. The summed E-state index contributed by atoms with van der Waals surface area (Å²) >= 11 is 5.34. The maximum atomic E-state index is 6.06. The van der Waals surface area contributed by atoms with Crippen molar-refractivity contribution in [3.8, 4) is 0 Å². The Kier molecular flexibility index (Phi) is 5.93. The average molecular weight is 404 g/mol. The first kappa shape index (κ1) is 19.2. The molecule has 0 saturated heterocycles. The van der Waals surface area contributed by atoms with Crippen molar-refractivity contribution < 1.29 is 0 Å². The van der Waals surface area contributed by atoms with Gasteiger partial charge in [0.2, 0.25) is 0 Å². The van der Waals surface area contributed by atoms with Crippen molar-refractivity contribution in [2.75, 3.05) is 11.4 Å². The van der Waals surface area contributed by atoms with Crippen molar-refractivity contribution in [2.24, 2.45) is 5.73 Å². The van der Waals surface area contributed by atoms with Gasteiger partial charge in [0.05, 0.1) is 6.54 Å². The number of aromatic nitrogens is 2. The minimum absolute atomic E-state index is 0.374. The number of anilines is 1. The highest BCUT2D eigenvalue weighted by Crippen LogP contribution is 2.26. The number of nitrogens with two attached hydrogens (primary N) is 1. The molecule has 29 heavy (non-hydrogen) atoms. The number of nitrogens with one attached hydrogen (secondary N) is 3. The highest BCUT2D eigenvalue weighted by molar-refractivity contribution is 7.80. The molecule has 0 bridgehead atoms. The van der Waals surface area contributed by atoms with Crippen molar-refractivity contribution in [1.82, 2.24) is 15.3 Å². The molecule has 0 radical (unpaired) electrons. The summed E-state index contributed by atoms with van der Waals surface area (Å²) in [5.41, 5.74) is 11.9. The fraction of sp³-hybridized carbons (Fsp3) is 0.174. The van der Waals surface area contributed by atoms with Gasteiger partial charge >= 0.3 is 0 Å². The second-order valence-electron chi connectivity index (χ2n) is 7.10. The summed E-state index contributed by atoms with van der Waals surface area (Å²) < 4.78 is 0. The Balaban J connectivity index is 1.49. The van der Waals surface area contributed by atoms with Crippen LogP contribution in [0.1, 0.15) is 16.7 Å². The van der Waals surface area contributed by atoms with Gasteiger partial charge in [0, 0.05) is 41.7 Å². The van der Waals surface area contributed by atoms with Gasteiger partial charge in [0.15, 0.2) is 5.11 Å². The number of hydrogen-bond acceptors (Lipinski definition) is 2. The monoisotopic (exact) mass is 403 g/mol. The SMILES string of the molecule is NC(=S)N(Cc1ccccc1)c1ccc2[nH]cc(CCNCc3cc[nH]c3)c2c1. The molecule has 4 aromatic rings. The van der Waals surface area contributed by atoms with Crippen molar-refractivity contribution in [3.05, 3.63) is 89.9 Å². The Morgan fingerprint density at radius 1 is 1.03 bits per heavy atom. The first-order valence-corrected chi connectivity index (χ1v) is 10.1. The molecular formula is C23H25N5S. The van der Waals surface area contributed by atoms with Crippen molar-refractivity contribution >= 4 is 33.9 Å². The summed E-state index contributed by atoms with van der Waals surface area (Å²) in [7, 11) is 0. The number of thiocarbonyl (C=S) groups is 1. The molecule has 4 rings (SSSR count). The van der Waals surface area contributed by atoms with E-state index in [0.717, 1.165) is 30.7 Å². The van der Waals surface area contributed by atoms with E-state index < -0.39 is 0 Å². The van der Waals surface area contributed by atoms with Crippen LogP contribution in [0.4, 0.5) is 5.69 Å². The van der Waals surface area contributed by atoms with Crippen molar-refractivity contribution in [3.63, 3.8) is 0 Å². The zero-order valence-electron chi connectivity index (χ0n) is 16.2. The fourth-order valence-corrected chi connectivity index (χ4v) is 3.70. The Labute approximate surface area is 175 Å². The Morgan fingerprint density at radius 3 is 2.66 bits per heavy atom. The van der Waals surface area contributed by atoms with E-state index in [1.807, 2.05) is 35.5 Å². The molecule has 0 aliphatic rings. The second kappa shape index (κ2) is 8.94. The van der Waals surface area contributed by atoms with Gasteiger partial charge in [0.1, 0.15) is 0 Å². The predicted octanol–water partition coefficient (Wildman–Crippen LogP) is 4.08. The van der Waals surface area contributed by atoms with Crippen LogP contribution in [0.15, 0.2) is 73.2 Å². The van der Waals surface area contributed by atoms with Crippen LogP contribution in [0.5, 0.6) is 0 Å².